The zero-order valence-electron chi connectivity index (χ0n) is 25.5. The zero-order valence-corrected chi connectivity index (χ0v) is 27.7. The normalized spacial score (nSPS) is 16.7. The van der Waals surface area contributed by atoms with Gasteiger partial charge in [0.25, 0.3) is 5.91 Å². The van der Waals surface area contributed by atoms with Crippen LogP contribution in [0.4, 0.5) is 0 Å². The van der Waals surface area contributed by atoms with Crippen LogP contribution >= 0.6 is 22.6 Å². The number of nitrogens with zero attached hydrogens (tertiary/aromatic N) is 2. The van der Waals surface area contributed by atoms with E-state index in [1.807, 2.05) is 53.4 Å². The second-order valence-corrected chi connectivity index (χ2v) is 12.0. The summed E-state index contributed by atoms with van der Waals surface area (Å²) in [6, 6.07) is 32.7. The minimum absolute atomic E-state index is 0.0255. The molecule has 1 saturated heterocycles. The van der Waals surface area contributed by atoms with Crippen LogP contribution < -0.4 is 16.0 Å². The van der Waals surface area contributed by atoms with Gasteiger partial charge in [-0.05, 0) is 46.9 Å². The van der Waals surface area contributed by atoms with E-state index >= 15 is 0 Å². The molecule has 5 rings (SSSR count). The van der Waals surface area contributed by atoms with Gasteiger partial charge in [0.1, 0.15) is 11.7 Å². The summed E-state index contributed by atoms with van der Waals surface area (Å²) in [5, 5.41) is 9.31. The van der Waals surface area contributed by atoms with Crippen molar-refractivity contribution >= 4 is 46.4 Å². The quantitative estimate of drug-likeness (QED) is 0.109. The summed E-state index contributed by atoms with van der Waals surface area (Å²) in [7, 11) is 0. The third-order valence-electron chi connectivity index (χ3n) is 8.05. The molecular weight excluding hydrogens is 689 g/mol. The fourth-order valence-electron chi connectivity index (χ4n) is 5.52. The Morgan fingerprint density at radius 2 is 1.57 bits per heavy atom. The number of carbonyl (C=O) groups is 3. The maximum absolute atomic E-state index is 14.1. The number of hydrogen-bond acceptors (Lipinski definition) is 5. The Morgan fingerprint density at radius 1 is 0.891 bits per heavy atom. The summed E-state index contributed by atoms with van der Waals surface area (Å²) in [5.41, 5.74) is 4.72. The van der Waals surface area contributed by atoms with Crippen LogP contribution in [0.2, 0.25) is 0 Å². The van der Waals surface area contributed by atoms with Crippen molar-refractivity contribution in [2.75, 3.05) is 26.2 Å². The van der Waals surface area contributed by atoms with Gasteiger partial charge in [-0.3, -0.25) is 24.7 Å². The van der Waals surface area contributed by atoms with E-state index in [9.17, 15) is 14.4 Å². The number of alkyl halides is 1. The standard InChI is InChI=1S/C37H38IN5O3/c38-23-28-16-14-27(15-17-28)18-19-35(44)40-24-31-20-22-43(26-32(29-9-3-1-4-10-29)30-11-5-2-6-12-30)37(46)34(42-31)25-41-36(45)33-13-7-8-21-39-33/h1-19,21,31-32,34,42H,20,22-26H2,(H,40,44)(H,41,45)/b19-18+/t31-,34-/m0/s1. The number of aromatic nitrogens is 1. The van der Waals surface area contributed by atoms with E-state index in [2.05, 4.69) is 79.9 Å². The minimum Gasteiger partial charge on any atom is -0.351 e. The van der Waals surface area contributed by atoms with Gasteiger partial charge in [-0.15, -0.1) is 0 Å². The molecule has 3 N–H and O–H groups in total. The molecule has 1 aliphatic heterocycles. The number of hydrogen-bond donors (Lipinski definition) is 3. The molecule has 2 atom stereocenters. The van der Waals surface area contributed by atoms with Gasteiger partial charge in [0, 0.05) is 54.8 Å². The lowest BCUT2D eigenvalue weighted by molar-refractivity contribution is -0.132. The Kier molecular flexibility index (Phi) is 12.1. The van der Waals surface area contributed by atoms with Crippen LogP contribution in [0.5, 0.6) is 0 Å². The number of carbonyl (C=O) groups excluding carboxylic acids is 3. The fraction of sp³-hybridized carbons (Fsp3) is 0.243. The first-order valence-corrected chi connectivity index (χ1v) is 17.0. The van der Waals surface area contributed by atoms with Gasteiger partial charge in [-0.25, -0.2) is 0 Å². The number of rotatable bonds is 12. The van der Waals surface area contributed by atoms with Gasteiger partial charge >= 0.3 is 0 Å². The molecule has 0 saturated carbocycles. The SMILES string of the molecule is O=C(/C=C/c1ccc(CI)cc1)NC[C@@H]1CCN(CC(c2ccccc2)c2ccccc2)C(=O)[C@H](CNC(=O)c2ccccn2)N1. The molecular formula is C37H38IN5O3. The number of nitrogens with one attached hydrogen (secondary N) is 3. The summed E-state index contributed by atoms with van der Waals surface area (Å²) in [5.74, 6) is -0.677. The van der Waals surface area contributed by atoms with Crippen molar-refractivity contribution in [3.8, 4) is 0 Å². The van der Waals surface area contributed by atoms with E-state index in [-0.39, 0.29) is 41.9 Å². The molecule has 0 bridgehead atoms. The summed E-state index contributed by atoms with van der Waals surface area (Å²) in [6.07, 6.45) is 5.52. The zero-order chi connectivity index (χ0) is 32.1. The average molecular weight is 728 g/mol. The van der Waals surface area contributed by atoms with Crippen molar-refractivity contribution in [2.24, 2.45) is 0 Å². The molecule has 236 valence electrons. The van der Waals surface area contributed by atoms with Crippen LogP contribution in [0.15, 0.2) is 115 Å². The Hall–Kier alpha value is -4.35. The average Bonchev–Trinajstić information content (AvgIpc) is 3.26. The first-order chi connectivity index (χ1) is 22.5. The van der Waals surface area contributed by atoms with Crippen molar-refractivity contribution in [3.63, 3.8) is 0 Å². The topological polar surface area (TPSA) is 103 Å². The van der Waals surface area contributed by atoms with Crippen molar-refractivity contribution in [2.45, 2.75) is 28.8 Å². The number of halogens is 1. The van der Waals surface area contributed by atoms with Crippen LogP contribution in [0.25, 0.3) is 6.08 Å². The van der Waals surface area contributed by atoms with Crippen LogP contribution in [-0.2, 0) is 14.0 Å². The largest absolute Gasteiger partial charge is 0.351 e. The highest BCUT2D eigenvalue weighted by Gasteiger charge is 2.33. The highest BCUT2D eigenvalue weighted by molar-refractivity contribution is 14.1. The monoisotopic (exact) mass is 727 g/mol. The molecule has 0 unspecified atom stereocenters. The summed E-state index contributed by atoms with van der Waals surface area (Å²) < 4.78 is 0.934. The van der Waals surface area contributed by atoms with E-state index in [1.54, 1.807) is 30.5 Å². The second-order valence-electron chi connectivity index (χ2n) is 11.2. The van der Waals surface area contributed by atoms with Gasteiger partial charge in [0.05, 0.1) is 0 Å². The van der Waals surface area contributed by atoms with E-state index in [0.29, 0.717) is 26.1 Å². The molecule has 4 aromatic rings. The molecule has 0 spiro atoms. The van der Waals surface area contributed by atoms with Crippen LogP contribution in [0.1, 0.15) is 45.1 Å². The first kappa shape index (κ1) is 33.0. The summed E-state index contributed by atoms with van der Waals surface area (Å²) in [6.45, 7) is 1.41. The maximum Gasteiger partial charge on any atom is 0.269 e. The molecule has 1 aliphatic rings. The smallest absolute Gasteiger partial charge is 0.269 e. The molecule has 3 aromatic carbocycles. The van der Waals surface area contributed by atoms with Crippen LogP contribution in [0, 0.1) is 0 Å². The van der Waals surface area contributed by atoms with Gasteiger partial charge in [-0.2, -0.15) is 0 Å². The van der Waals surface area contributed by atoms with Gasteiger partial charge in [0.15, 0.2) is 0 Å². The maximum atomic E-state index is 14.1. The third-order valence-corrected chi connectivity index (χ3v) is 8.93. The molecule has 3 amide bonds. The molecule has 2 heterocycles. The van der Waals surface area contributed by atoms with E-state index < -0.39 is 6.04 Å². The fourth-order valence-corrected chi connectivity index (χ4v) is 6.03. The third kappa shape index (κ3) is 9.34. The Balaban J connectivity index is 1.30. The Morgan fingerprint density at radius 3 is 2.20 bits per heavy atom. The molecule has 1 fully saturated rings. The van der Waals surface area contributed by atoms with E-state index in [1.165, 1.54) is 11.6 Å². The van der Waals surface area contributed by atoms with Gasteiger partial charge in [-0.1, -0.05) is 114 Å². The molecule has 46 heavy (non-hydrogen) atoms. The van der Waals surface area contributed by atoms with Crippen molar-refractivity contribution < 1.29 is 14.4 Å². The first-order valence-electron chi connectivity index (χ1n) is 15.4. The second kappa shape index (κ2) is 16.8. The minimum atomic E-state index is -0.684. The van der Waals surface area contributed by atoms with Crippen LogP contribution in [0.3, 0.4) is 0 Å². The molecule has 9 heteroatoms. The molecule has 0 aliphatic carbocycles. The van der Waals surface area contributed by atoms with E-state index in [0.717, 1.165) is 21.1 Å². The van der Waals surface area contributed by atoms with Crippen molar-refractivity contribution in [1.82, 2.24) is 25.8 Å². The molecule has 1 aromatic heterocycles. The van der Waals surface area contributed by atoms with Crippen LogP contribution in [-0.4, -0.2) is 65.9 Å². The highest BCUT2D eigenvalue weighted by Crippen LogP contribution is 2.26. The number of benzene rings is 3. The summed E-state index contributed by atoms with van der Waals surface area (Å²) in [4.78, 5) is 45.7. The number of pyridine rings is 1. The predicted octanol–water partition coefficient (Wildman–Crippen LogP) is 4.97. The van der Waals surface area contributed by atoms with Crippen molar-refractivity contribution in [3.05, 3.63) is 143 Å². The lowest BCUT2D eigenvalue weighted by Gasteiger charge is -2.29. The van der Waals surface area contributed by atoms with Gasteiger partial charge in [0.2, 0.25) is 11.8 Å². The Labute approximate surface area is 283 Å². The lowest BCUT2D eigenvalue weighted by atomic mass is 9.90. The molecule has 8 nitrogen and oxygen atoms in total. The Bertz CT molecular complexity index is 1560. The van der Waals surface area contributed by atoms with E-state index in [4.69, 9.17) is 0 Å². The molecule has 0 radical (unpaired) electrons. The number of amides is 3. The van der Waals surface area contributed by atoms with Crippen molar-refractivity contribution in [1.29, 1.82) is 0 Å². The van der Waals surface area contributed by atoms with Gasteiger partial charge < -0.3 is 15.5 Å². The lowest BCUT2D eigenvalue weighted by Crippen LogP contribution is -2.54. The predicted molar refractivity (Wildman–Crippen MR) is 189 cm³/mol. The highest BCUT2D eigenvalue weighted by atomic mass is 127. The summed E-state index contributed by atoms with van der Waals surface area (Å²) >= 11 is 2.32.